The van der Waals surface area contributed by atoms with Crippen molar-refractivity contribution in [2.45, 2.75) is 25.3 Å². The predicted octanol–water partition coefficient (Wildman–Crippen LogP) is 2.51. The van der Waals surface area contributed by atoms with E-state index >= 15 is 0 Å². The molecule has 0 radical (unpaired) electrons. The number of aryl methyl sites for hydroxylation is 1. The zero-order valence-electron chi connectivity index (χ0n) is 9.42. The Morgan fingerprint density at radius 3 is 3.12 bits per heavy atom. The Morgan fingerprint density at radius 1 is 1.44 bits per heavy atom. The monoisotopic (exact) mass is 216 g/mol. The Hall–Kier alpha value is -1.48. The van der Waals surface area contributed by atoms with E-state index in [1.165, 1.54) is 23.1 Å². The van der Waals surface area contributed by atoms with Gasteiger partial charge in [0.25, 0.3) is 0 Å². The highest BCUT2D eigenvalue weighted by Gasteiger charge is 2.22. The van der Waals surface area contributed by atoms with E-state index in [0.29, 0.717) is 0 Å². The SMILES string of the molecule is COc1cccc2c3c([nH]c12)CCCC3N. The van der Waals surface area contributed by atoms with E-state index in [9.17, 15) is 0 Å². The van der Waals surface area contributed by atoms with Crippen molar-refractivity contribution in [3.63, 3.8) is 0 Å². The van der Waals surface area contributed by atoms with Crippen molar-refractivity contribution in [1.82, 2.24) is 4.98 Å². The molecule has 1 heterocycles. The molecule has 1 aliphatic carbocycles. The number of para-hydroxylation sites is 1. The summed E-state index contributed by atoms with van der Waals surface area (Å²) in [5.41, 5.74) is 9.86. The van der Waals surface area contributed by atoms with Crippen molar-refractivity contribution in [3.05, 3.63) is 29.5 Å². The first-order chi connectivity index (χ1) is 7.81. The maximum atomic E-state index is 6.19. The molecular weight excluding hydrogens is 200 g/mol. The predicted molar refractivity (Wildman–Crippen MR) is 64.7 cm³/mol. The minimum atomic E-state index is 0.171. The smallest absolute Gasteiger partial charge is 0.142 e. The molecule has 1 unspecified atom stereocenters. The van der Waals surface area contributed by atoms with Gasteiger partial charge in [0.1, 0.15) is 5.75 Å². The average molecular weight is 216 g/mol. The summed E-state index contributed by atoms with van der Waals surface area (Å²) < 4.78 is 5.37. The molecule has 1 aromatic heterocycles. The lowest BCUT2D eigenvalue weighted by Crippen LogP contribution is -2.16. The first-order valence-corrected chi connectivity index (χ1v) is 5.74. The van der Waals surface area contributed by atoms with E-state index in [1.54, 1.807) is 7.11 Å². The van der Waals surface area contributed by atoms with Crippen molar-refractivity contribution in [1.29, 1.82) is 0 Å². The Bertz CT molecular complexity index is 530. The summed E-state index contributed by atoms with van der Waals surface area (Å²) in [5, 5.41) is 1.22. The second kappa shape index (κ2) is 3.52. The molecule has 0 fully saturated rings. The van der Waals surface area contributed by atoms with Crippen LogP contribution in [0.1, 0.15) is 30.1 Å². The van der Waals surface area contributed by atoms with Gasteiger partial charge in [-0.05, 0) is 30.9 Å². The molecule has 3 rings (SSSR count). The fourth-order valence-electron chi connectivity index (χ4n) is 2.70. The number of H-pyrrole nitrogens is 1. The highest BCUT2D eigenvalue weighted by molar-refractivity contribution is 5.90. The average Bonchev–Trinajstić information content (AvgIpc) is 2.68. The minimum Gasteiger partial charge on any atom is -0.495 e. The Balaban J connectivity index is 2.32. The molecule has 1 atom stereocenters. The summed E-state index contributed by atoms with van der Waals surface area (Å²) in [5.74, 6) is 0.902. The number of fused-ring (bicyclic) bond motifs is 3. The van der Waals surface area contributed by atoms with Crippen molar-refractivity contribution in [3.8, 4) is 5.75 Å². The van der Waals surface area contributed by atoms with Gasteiger partial charge in [-0.25, -0.2) is 0 Å². The fraction of sp³-hybridized carbons (Fsp3) is 0.385. The standard InChI is InChI=1S/C13H16N2O/c1-16-11-7-2-4-8-12-9(14)5-3-6-10(12)15-13(8)11/h2,4,7,9,15H,3,5-6,14H2,1H3. The number of aromatic nitrogens is 1. The Kier molecular flexibility index (Phi) is 2.14. The van der Waals surface area contributed by atoms with Crippen LogP contribution < -0.4 is 10.5 Å². The molecule has 3 heteroatoms. The van der Waals surface area contributed by atoms with Crippen LogP contribution >= 0.6 is 0 Å². The molecule has 0 saturated heterocycles. The lowest BCUT2D eigenvalue weighted by molar-refractivity contribution is 0.419. The first kappa shape index (κ1) is 9.73. The molecule has 0 amide bonds. The van der Waals surface area contributed by atoms with Gasteiger partial charge in [0.05, 0.1) is 12.6 Å². The van der Waals surface area contributed by atoms with Gasteiger partial charge in [0.2, 0.25) is 0 Å². The zero-order chi connectivity index (χ0) is 11.1. The van der Waals surface area contributed by atoms with Gasteiger partial charge in [-0.2, -0.15) is 0 Å². The second-order valence-electron chi connectivity index (χ2n) is 4.40. The molecule has 0 saturated carbocycles. The molecule has 0 aliphatic heterocycles. The maximum absolute atomic E-state index is 6.19. The second-order valence-corrected chi connectivity index (χ2v) is 4.40. The van der Waals surface area contributed by atoms with Gasteiger partial charge in [-0.1, -0.05) is 12.1 Å². The number of nitrogens with two attached hydrogens (primary N) is 1. The van der Waals surface area contributed by atoms with Crippen LogP contribution in [0.3, 0.4) is 0 Å². The molecule has 2 aromatic rings. The maximum Gasteiger partial charge on any atom is 0.142 e. The molecular formula is C13H16N2O. The number of hydrogen-bond acceptors (Lipinski definition) is 2. The van der Waals surface area contributed by atoms with Crippen LogP contribution in [0.5, 0.6) is 5.75 Å². The molecule has 3 N–H and O–H groups in total. The van der Waals surface area contributed by atoms with E-state index in [2.05, 4.69) is 11.1 Å². The third-order valence-corrected chi connectivity index (χ3v) is 3.45. The van der Waals surface area contributed by atoms with E-state index in [1.807, 2.05) is 12.1 Å². The van der Waals surface area contributed by atoms with Crippen LogP contribution in [0, 0.1) is 0 Å². The molecule has 3 nitrogen and oxygen atoms in total. The lowest BCUT2D eigenvalue weighted by Gasteiger charge is -2.18. The molecule has 0 bridgehead atoms. The van der Waals surface area contributed by atoms with Gasteiger partial charge in [-0.15, -0.1) is 0 Å². The van der Waals surface area contributed by atoms with Crippen molar-refractivity contribution >= 4 is 10.9 Å². The molecule has 84 valence electrons. The number of methoxy groups -OCH3 is 1. The number of nitrogens with one attached hydrogen (secondary N) is 1. The number of aromatic amines is 1. The number of ether oxygens (including phenoxy) is 1. The highest BCUT2D eigenvalue weighted by Crippen LogP contribution is 2.37. The minimum absolute atomic E-state index is 0.171. The van der Waals surface area contributed by atoms with Gasteiger partial charge >= 0.3 is 0 Å². The third kappa shape index (κ3) is 1.25. The largest absolute Gasteiger partial charge is 0.495 e. The van der Waals surface area contributed by atoms with E-state index in [4.69, 9.17) is 10.5 Å². The summed E-state index contributed by atoms with van der Waals surface area (Å²) in [7, 11) is 1.70. The third-order valence-electron chi connectivity index (χ3n) is 3.45. The van der Waals surface area contributed by atoms with E-state index < -0.39 is 0 Å². The summed E-state index contributed by atoms with van der Waals surface area (Å²) in [6, 6.07) is 6.30. The number of benzene rings is 1. The quantitative estimate of drug-likeness (QED) is 0.769. The highest BCUT2D eigenvalue weighted by atomic mass is 16.5. The lowest BCUT2D eigenvalue weighted by atomic mass is 9.91. The van der Waals surface area contributed by atoms with Gasteiger partial charge < -0.3 is 15.5 Å². The summed E-state index contributed by atoms with van der Waals surface area (Å²) in [4.78, 5) is 3.46. The molecule has 1 aliphatic rings. The van der Waals surface area contributed by atoms with Gasteiger partial charge in [-0.3, -0.25) is 0 Å². The van der Waals surface area contributed by atoms with Crippen molar-refractivity contribution in [2.24, 2.45) is 5.73 Å². The molecule has 16 heavy (non-hydrogen) atoms. The fourth-order valence-corrected chi connectivity index (χ4v) is 2.70. The van der Waals surface area contributed by atoms with Crippen LogP contribution in [-0.2, 0) is 6.42 Å². The summed E-state index contributed by atoms with van der Waals surface area (Å²) in [6.07, 6.45) is 3.35. The van der Waals surface area contributed by atoms with E-state index in [0.717, 1.165) is 24.1 Å². The van der Waals surface area contributed by atoms with E-state index in [-0.39, 0.29) is 6.04 Å². The van der Waals surface area contributed by atoms with Crippen LogP contribution in [0.25, 0.3) is 10.9 Å². The number of rotatable bonds is 1. The molecule has 0 spiro atoms. The Labute approximate surface area is 94.6 Å². The topological polar surface area (TPSA) is 51.0 Å². The van der Waals surface area contributed by atoms with Crippen LogP contribution in [0.4, 0.5) is 0 Å². The van der Waals surface area contributed by atoms with Crippen LogP contribution in [-0.4, -0.2) is 12.1 Å². The van der Waals surface area contributed by atoms with Gasteiger partial charge in [0.15, 0.2) is 0 Å². The Morgan fingerprint density at radius 2 is 2.31 bits per heavy atom. The summed E-state index contributed by atoms with van der Waals surface area (Å²) in [6.45, 7) is 0. The van der Waals surface area contributed by atoms with Crippen LogP contribution in [0.15, 0.2) is 18.2 Å². The molecule has 1 aromatic carbocycles. The normalized spacial score (nSPS) is 19.8. The summed E-state index contributed by atoms with van der Waals surface area (Å²) >= 11 is 0. The van der Waals surface area contributed by atoms with Gasteiger partial charge in [0, 0.05) is 17.1 Å². The van der Waals surface area contributed by atoms with Crippen molar-refractivity contribution < 1.29 is 4.74 Å². The number of hydrogen-bond donors (Lipinski definition) is 2. The first-order valence-electron chi connectivity index (χ1n) is 5.74. The van der Waals surface area contributed by atoms with Crippen LogP contribution in [0.2, 0.25) is 0 Å². The zero-order valence-corrected chi connectivity index (χ0v) is 9.42. The van der Waals surface area contributed by atoms with Crippen molar-refractivity contribution in [2.75, 3.05) is 7.11 Å².